The van der Waals surface area contributed by atoms with Gasteiger partial charge in [0.15, 0.2) is 11.0 Å². The zero-order chi connectivity index (χ0) is 12.7. The fourth-order valence-electron chi connectivity index (χ4n) is 2.44. The molecule has 96 valence electrons. The van der Waals surface area contributed by atoms with E-state index < -0.39 is 6.09 Å². The molecule has 1 saturated heterocycles. The van der Waals surface area contributed by atoms with E-state index in [4.69, 9.17) is 16.7 Å². The summed E-state index contributed by atoms with van der Waals surface area (Å²) in [6.07, 6.45) is -0.869. The first kappa shape index (κ1) is 11.3. The van der Waals surface area contributed by atoms with Gasteiger partial charge in [-0.25, -0.2) is 4.79 Å². The molecule has 2 aliphatic rings. The van der Waals surface area contributed by atoms with Crippen molar-refractivity contribution in [3.05, 3.63) is 11.2 Å². The highest BCUT2D eigenvalue weighted by Crippen LogP contribution is 2.32. The van der Waals surface area contributed by atoms with Crippen molar-refractivity contribution < 1.29 is 9.90 Å². The highest BCUT2D eigenvalue weighted by molar-refractivity contribution is 6.29. The largest absolute Gasteiger partial charge is 0.465 e. The SMILES string of the molecule is O=C(O)N1CCN2c3cc(Cl)nnc3NCC2C1. The molecule has 0 spiro atoms. The van der Waals surface area contributed by atoms with E-state index >= 15 is 0 Å². The number of amides is 1. The van der Waals surface area contributed by atoms with Crippen LogP contribution in [0.15, 0.2) is 6.07 Å². The van der Waals surface area contributed by atoms with Gasteiger partial charge in [-0.05, 0) is 0 Å². The summed E-state index contributed by atoms with van der Waals surface area (Å²) in [4.78, 5) is 14.6. The van der Waals surface area contributed by atoms with Gasteiger partial charge in [0.05, 0.1) is 11.7 Å². The summed E-state index contributed by atoms with van der Waals surface area (Å²) >= 11 is 5.85. The normalized spacial score (nSPS) is 21.9. The molecule has 0 aromatic carbocycles. The fourth-order valence-corrected chi connectivity index (χ4v) is 2.58. The smallest absolute Gasteiger partial charge is 0.407 e. The third kappa shape index (κ3) is 1.80. The third-order valence-electron chi connectivity index (χ3n) is 3.31. The monoisotopic (exact) mass is 269 g/mol. The van der Waals surface area contributed by atoms with Crippen LogP contribution in [0.1, 0.15) is 0 Å². The van der Waals surface area contributed by atoms with Crippen molar-refractivity contribution >= 4 is 29.2 Å². The third-order valence-corrected chi connectivity index (χ3v) is 3.50. The maximum atomic E-state index is 11.0. The second kappa shape index (κ2) is 4.16. The van der Waals surface area contributed by atoms with Gasteiger partial charge in [0, 0.05) is 32.2 Å². The van der Waals surface area contributed by atoms with Crippen LogP contribution in [0.2, 0.25) is 5.15 Å². The molecule has 0 bridgehead atoms. The molecule has 1 fully saturated rings. The van der Waals surface area contributed by atoms with E-state index in [9.17, 15) is 4.79 Å². The second-order valence-electron chi connectivity index (χ2n) is 4.36. The number of hydrogen-bond donors (Lipinski definition) is 2. The Morgan fingerprint density at radius 1 is 1.50 bits per heavy atom. The Morgan fingerprint density at radius 2 is 2.33 bits per heavy atom. The average Bonchev–Trinajstić information content (AvgIpc) is 2.37. The molecule has 1 amide bonds. The van der Waals surface area contributed by atoms with Crippen molar-refractivity contribution in [1.29, 1.82) is 0 Å². The van der Waals surface area contributed by atoms with E-state index in [1.54, 1.807) is 6.07 Å². The summed E-state index contributed by atoms with van der Waals surface area (Å²) in [6, 6.07) is 1.88. The first-order valence-corrected chi connectivity index (χ1v) is 6.04. The van der Waals surface area contributed by atoms with Crippen LogP contribution in [0.3, 0.4) is 0 Å². The number of carbonyl (C=O) groups is 1. The van der Waals surface area contributed by atoms with E-state index in [0.717, 1.165) is 5.69 Å². The Hall–Kier alpha value is -1.76. The fraction of sp³-hybridized carbons (Fsp3) is 0.500. The molecule has 0 radical (unpaired) electrons. The summed E-state index contributed by atoms with van der Waals surface area (Å²) in [5.74, 6) is 0.708. The number of aromatic nitrogens is 2. The van der Waals surface area contributed by atoms with Gasteiger partial charge in [0.25, 0.3) is 0 Å². The predicted octanol–water partition coefficient (Wildman–Crippen LogP) is 0.724. The molecule has 3 heterocycles. The molecule has 2 N–H and O–H groups in total. The van der Waals surface area contributed by atoms with Crippen LogP contribution in [0.4, 0.5) is 16.3 Å². The first-order chi connectivity index (χ1) is 8.65. The van der Waals surface area contributed by atoms with Crippen molar-refractivity contribution in [2.24, 2.45) is 0 Å². The number of piperazine rings is 1. The van der Waals surface area contributed by atoms with Crippen molar-refractivity contribution in [3.8, 4) is 0 Å². The minimum absolute atomic E-state index is 0.114. The van der Waals surface area contributed by atoms with Gasteiger partial charge in [-0.1, -0.05) is 11.6 Å². The van der Waals surface area contributed by atoms with E-state index in [0.29, 0.717) is 37.1 Å². The standard InChI is InChI=1S/C10H12ClN5O2/c11-8-3-7-9(14-13-8)12-4-6-5-15(10(17)18)1-2-16(6)7/h3,6H,1-2,4-5H2,(H,12,14)(H,17,18). The van der Waals surface area contributed by atoms with Crippen LogP contribution in [0.25, 0.3) is 0 Å². The lowest BCUT2D eigenvalue weighted by molar-refractivity contribution is 0.135. The summed E-state index contributed by atoms with van der Waals surface area (Å²) in [5, 5.41) is 20.3. The van der Waals surface area contributed by atoms with Gasteiger partial charge in [-0.2, -0.15) is 0 Å². The lowest BCUT2D eigenvalue weighted by Crippen LogP contribution is -2.58. The van der Waals surface area contributed by atoms with Gasteiger partial charge in [0.2, 0.25) is 0 Å². The van der Waals surface area contributed by atoms with Crippen LogP contribution in [0.5, 0.6) is 0 Å². The van der Waals surface area contributed by atoms with Crippen LogP contribution in [-0.2, 0) is 0 Å². The molecule has 0 saturated carbocycles. The second-order valence-corrected chi connectivity index (χ2v) is 4.74. The molecule has 8 heteroatoms. The number of anilines is 2. The highest BCUT2D eigenvalue weighted by atomic mass is 35.5. The number of halogens is 1. The van der Waals surface area contributed by atoms with E-state index in [2.05, 4.69) is 20.4 Å². The Morgan fingerprint density at radius 3 is 3.11 bits per heavy atom. The molecule has 2 aliphatic heterocycles. The van der Waals surface area contributed by atoms with Gasteiger partial charge in [-0.15, -0.1) is 10.2 Å². The van der Waals surface area contributed by atoms with E-state index in [1.165, 1.54) is 4.90 Å². The molecule has 3 rings (SSSR count). The molecular weight excluding hydrogens is 258 g/mol. The zero-order valence-corrected chi connectivity index (χ0v) is 10.3. The van der Waals surface area contributed by atoms with E-state index in [1.807, 2.05) is 0 Å². The number of nitrogens with zero attached hydrogens (tertiary/aromatic N) is 4. The van der Waals surface area contributed by atoms with Crippen molar-refractivity contribution in [1.82, 2.24) is 15.1 Å². The van der Waals surface area contributed by atoms with E-state index in [-0.39, 0.29) is 6.04 Å². The maximum absolute atomic E-state index is 11.0. The van der Waals surface area contributed by atoms with Crippen molar-refractivity contribution in [3.63, 3.8) is 0 Å². The molecule has 1 aromatic rings. The number of rotatable bonds is 0. The zero-order valence-electron chi connectivity index (χ0n) is 9.51. The number of carboxylic acid groups (broad SMARTS) is 1. The highest BCUT2D eigenvalue weighted by Gasteiger charge is 2.34. The molecule has 18 heavy (non-hydrogen) atoms. The number of fused-ring (bicyclic) bond motifs is 3. The van der Waals surface area contributed by atoms with Gasteiger partial charge >= 0.3 is 6.09 Å². The van der Waals surface area contributed by atoms with Crippen LogP contribution >= 0.6 is 11.6 Å². The number of hydrogen-bond acceptors (Lipinski definition) is 5. The van der Waals surface area contributed by atoms with Crippen LogP contribution in [0, 0.1) is 0 Å². The lowest BCUT2D eigenvalue weighted by atomic mass is 10.1. The topological polar surface area (TPSA) is 81.6 Å². The Bertz CT molecular complexity index is 497. The van der Waals surface area contributed by atoms with Gasteiger partial charge in [-0.3, -0.25) is 0 Å². The summed E-state index contributed by atoms with van der Waals surface area (Å²) < 4.78 is 0. The Kier molecular flexibility index (Phi) is 2.62. The van der Waals surface area contributed by atoms with Crippen LogP contribution < -0.4 is 10.2 Å². The minimum atomic E-state index is -0.869. The van der Waals surface area contributed by atoms with Gasteiger partial charge in [0.1, 0.15) is 0 Å². The minimum Gasteiger partial charge on any atom is -0.465 e. The average molecular weight is 270 g/mol. The molecule has 7 nitrogen and oxygen atoms in total. The molecule has 1 atom stereocenters. The molecule has 1 unspecified atom stereocenters. The quantitative estimate of drug-likeness (QED) is 0.722. The number of nitrogens with one attached hydrogen (secondary N) is 1. The van der Waals surface area contributed by atoms with Crippen LogP contribution in [-0.4, -0.2) is 58.5 Å². The Balaban J connectivity index is 1.88. The lowest BCUT2D eigenvalue weighted by Gasteiger charge is -2.44. The Labute approximate surface area is 108 Å². The molecular formula is C10H12ClN5O2. The van der Waals surface area contributed by atoms with Crippen molar-refractivity contribution in [2.45, 2.75) is 6.04 Å². The summed E-state index contributed by atoms with van der Waals surface area (Å²) in [7, 11) is 0. The molecule has 0 aliphatic carbocycles. The summed E-state index contributed by atoms with van der Waals surface area (Å²) in [6.45, 7) is 2.29. The maximum Gasteiger partial charge on any atom is 0.407 e. The predicted molar refractivity (Wildman–Crippen MR) is 66.3 cm³/mol. The summed E-state index contributed by atoms with van der Waals surface area (Å²) in [5.41, 5.74) is 0.899. The van der Waals surface area contributed by atoms with Gasteiger partial charge < -0.3 is 20.2 Å². The first-order valence-electron chi connectivity index (χ1n) is 5.67. The van der Waals surface area contributed by atoms with Crippen molar-refractivity contribution in [2.75, 3.05) is 36.4 Å². The molecule has 1 aromatic heterocycles.